The van der Waals surface area contributed by atoms with Crippen LogP contribution in [0.25, 0.3) is 0 Å². The maximum Gasteiger partial charge on any atom is 0.329 e. The van der Waals surface area contributed by atoms with Gasteiger partial charge in [0.2, 0.25) is 11.8 Å². The van der Waals surface area contributed by atoms with Crippen molar-refractivity contribution in [1.82, 2.24) is 9.97 Å². The van der Waals surface area contributed by atoms with Gasteiger partial charge >= 0.3 is 5.69 Å². The van der Waals surface area contributed by atoms with Crippen LogP contribution in [-0.2, 0) is 4.74 Å². The highest BCUT2D eigenvalue weighted by molar-refractivity contribution is 5.56. The normalized spacial score (nSPS) is 10.1. The summed E-state index contributed by atoms with van der Waals surface area (Å²) in [4.78, 5) is 17.8. The van der Waals surface area contributed by atoms with Gasteiger partial charge in [-0.1, -0.05) is 0 Å². The van der Waals surface area contributed by atoms with E-state index in [1.54, 1.807) is 7.11 Å². The number of nitrogens with zero attached hydrogens (tertiary/aromatic N) is 3. The predicted octanol–water partition coefficient (Wildman–Crippen LogP) is 0.509. The number of methoxy groups -OCH3 is 1. The highest BCUT2D eigenvalue weighted by Crippen LogP contribution is 2.21. The van der Waals surface area contributed by atoms with Crippen LogP contribution in [0.4, 0.5) is 17.5 Å². The van der Waals surface area contributed by atoms with Gasteiger partial charge < -0.3 is 10.1 Å². The quantitative estimate of drug-likeness (QED) is 0.265. The van der Waals surface area contributed by atoms with E-state index >= 15 is 0 Å². The standard InChI is InChI=1S/C9H16N6O3/c1-18-5-3-2-4-11-8-7(15(16)17)6-12-9(13-8)14-10/h6H,2-5,10H2,1H3,(H2,11,12,13,14). The fourth-order valence-corrected chi connectivity index (χ4v) is 1.29. The number of hydrogen-bond acceptors (Lipinski definition) is 8. The van der Waals surface area contributed by atoms with E-state index in [1.165, 1.54) is 0 Å². The van der Waals surface area contributed by atoms with Crippen molar-refractivity contribution in [1.29, 1.82) is 0 Å². The Balaban J connectivity index is 2.63. The first-order chi connectivity index (χ1) is 8.69. The summed E-state index contributed by atoms with van der Waals surface area (Å²) < 4.78 is 4.90. The molecule has 0 saturated carbocycles. The molecule has 1 aromatic heterocycles. The zero-order valence-electron chi connectivity index (χ0n) is 10.0. The molecule has 0 unspecified atom stereocenters. The van der Waals surface area contributed by atoms with E-state index in [0.29, 0.717) is 13.2 Å². The molecule has 4 N–H and O–H groups in total. The molecule has 0 aliphatic rings. The maximum atomic E-state index is 10.8. The summed E-state index contributed by atoms with van der Waals surface area (Å²) in [6.45, 7) is 1.22. The van der Waals surface area contributed by atoms with Gasteiger partial charge in [-0.25, -0.2) is 10.8 Å². The summed E-state index contributed by atoms with van der Waals surface area (Å²) >= 11 is 0. The summed E-state index contributed by atoms with van der Waals surface area (Å²) in [6.07, 6.45) is 2.80. The van der Waals surface area contributed by atoms with Gasteiger partial charge in [0.25, 0.3) is 0 Å². The number of nitrogens with one attached hydrogen (secondary N) is 2. The summed E-state index contributed by atoms with van der Waals surface area (Å²) in [5.74, 6) is 5.43. The molecule has 0 bridgehead atoms. The number of rotatable bonds is 8. The first-order valence-corrected chi connectivity index (χ1v) is 5.40. The van der Waals surface area contributed by atoms with Gasteiger partial charge in [-0.2, -0.15) is 4.98 Å². The maximum absolute atomic E-state index is 10.8. The van der Waals surface area contributed by atoms with Crippen LogP contribution in [0.2, 0.25) is 0 Å². The van der Waals surface area contributed by atoms with Crippen molar-refractivity contribution in [2.24, 2.45) is 5.84 Å². The molecule has 0 aromatic carbocycles. The number of nitro groups is 1. The molecule has 0 spiro atoms. The molecule has 9 heteroatoms. The zero-order chi connectivity index (χ0) is 13.4. The average molecular weight is 256 g/mol. The molecule has 0 saturated heterocycles. The average Bonchev–Trinajstić information content (AvgIpc) is 2.38. The van der Waals surface area contributed by atoms with Crippen molar-refractivity contribution in [3.8, 4) is 0 Å². The molecular weight excluding hydrogens is 240 g/mol. The summed E-state index contributed by atoms with van der Waals surface area (Å²) in [5, 5.41) is 13.7. The second-order valence-electron chi connectivity index (χ2n) is 3.46. The lowest BCUT2D eigenvalue weighted by Gasteiger charge is -2.07. The molecular formula is C9H16N6O3. The van der Waals surface area contributed by atoms with Crippen molar-refractivity contribution < 1.29 is 9.66 Å². The SMILES string of the molecule is COCCCCNc1nc(NN)ncc1[N+](=O)[O-]. The van der Waals surface area contributed by atoms with Gasteiger partial charge in [0.15, 0.2) is 0 Å². The third-order valence-corrected chi connectivity index (χ3v) is 2.16. The predicted molar refractivity (Wildman–Crippen MR) is 66.1 cm³/mol. The Labute approximate surface area is 104 Å². The van der Waals surface area contributed by atoms with E-state index in [-0.39, 0.29) is 17.5 Å². The zero-order valence-corrected chi connectivity index (χ0v) is 10.0. The summed E-state index contributed by atoms with van der Waals surface area (Å²) in [5.41, 5.74) is 2.06. The van der Waals surface area contributed by atoms with E-state index < -0.39 is 4.92 Å². The Morgan fingerprint density at radius 3 is 2.94 bits per heavy atom. The van der Waals surface area contributed by atoms with Crippen LogP contribution in [0.5, 0.6) is 0 Å². The van der Waals surface area contributed by atoms with E-state index in [0.717, 1.165) is 19.0 Å². The third kappa shape index (κ3) is 4.11. The van der Waals surface area contributed by atoms with Crippen LogP contribution < -0.4 is 16.6 Å². The molecule has 1 rings (SSSR count). The van der Waals surface area contributed by atoms with Crippen molar-refractivity contribution >= 4 is 17.5 Å². The molecule has 100 valence electrons. The van der Waals surface area contributed by atoms with Crippen molar-refractivity contribution in [3.05, 3.63) is 16.3 Å². The number of hydrazine groups is 1. The van der Waals surface area contributed by atoms with Gasteiger partial charge in [0.1, 0.15) is 6.20 Å². The number of ether oxygens (including phenoxy) is 1. The summed E-state index contributed by atoms with van der Waals surface area (Å²) in [7, 11) is 1.63. The molecule has 0 radical (unpaired) electrons. The molecule has 0 aliphatic heterocycles. The molecule has 1 heterocycles. The molecule has 0 amide bonds. The highest BCUT2D eigenvalue weighted by atomic mass is 16.6. The Morgan fingerprint density at radius 1 is 1.56 bits per heavy atom. The molecule has 0 aliphatic carbocycles. The van der Waals surface area contributed by atoms with Crippen LogP contribution >= 0.6 is 0 Å². The van der Waals surface area contributed by atoms with Gasteiger partial charge in [0.05, 0.1) is 4.92 Å². The van der Waals surface area contributed by atoms with Crippen LogP contribution in [-0.4, -0.2) is 35.2 Å². The fourth-order valence-electron chi connectivity index (χ4n) is 1.29. The molecule has 18 heavy (non-hydrogen) atoms. The third-order valence-electron chi connectivity index (χ3n) is 2.16. The lowest BCUT2D eigenvalue weighted by Crippen LogP contribution is -2.13. The van der Waals surface area contributed by atoms with Crippen molar-refractivity contribution in [2.45, 2.75) is 12.8 Å². The largest absolute Gasteiger partial charge is 0.385 e. The minimum atomic E-state index is -0.544. The van der Waals surface area contributed by atoms with Crippen LogP contribution in [0.3, 0.4) is 0 Å². The van der Waals surface area contributed by atoms with Gasteiger partial charge in [0, 0.05) is 20.3 Å². The molecule has 0 fully saturated rings. The summed E-state index contributed by atoms with van der Waals surface area (Å²) in [6, 6.07) is 0. The lowest BCUT2D eigenvalue weighted by atomic mass is 10.3. The van der Waals surface area contributed by atoms with Crippen LogP contribution in [0.1, 0.15) is 12.8 Å². The smallest absolute Gasteiger partial charge is 0.329 e. The van der Waals surface area contributed by atoms with E-state index in [9.17, 15) is 10.1 Å². The molecule has 0 atom stereocenters. The molecule has 1 aromatic rings. The number of nitrogen functional groups attached to an aromatic ring is 1. The topological polar surface area (TPSA) is 128 Å². The van der Waals surface area contributed by atoms with E-state index in [4.69, 9.17) is 10.6 Å². The van der Waals surface area contributed by atoms with E-state index in [2.05, 4.69) is 20.7 Å². The minimum Gasteiger partial charge on any atom is -0.385 e. The highest BCUT2D eigenvalue weighted by Gasteiger charge is 2.16. The Bertz CT molecular complexity index is 400. The van der Waals surface area contributed by atoms with Crippen LogP contribution in [0.15, 0.2) is 6.20 Å². The first-order valence-electron chi connectivity index (χ1n) is 5.40. The number of unbranched alkanes of at least 4 members (excludes halogenated alkanes) is 1. The van der Waals surface area contributed by atoms with Crippen molar-refractivity contribution in [3.63, 3.8) is 0 Å². The lowest BCUT2D eigenvalue weighted by molar-refractivity contribution is -0.384. The number of anilines is 2. The van der Waals surface area contributed by atoms with Gasteiger partial charge in [-0.15, -0.1) is 0 Å². The molecule has 9 nitrogen and oxygen atoms in total. The van der Waals surface area contributed by atoms with Gasteiger partial charge in [-0.3, -0.25) is 15.5 Å². The number of aromatic nitrogens is 2. The second-order valence-corrected chi connectivity index (χ2v) is 3.46. The fraction of sp³-hybridized carbons (Fsp3) is 0.556. The number of nitrogens with two attached hydrogens (primary N) is 1. The minimum absolute atomic E-state index is 0.125. The Morgan fingerprint density at radius 2 is 2.33 bits per heavy atom. The van der Waals surface area contributed by atoms with E-state index in [1.807, 2.05) is 0 Å². The Hall–Kier alpha value is -2.00. The number of hydrogen-bond donors (Lipinski definition) is 3. The van der Waals surface area contributed by atoms with Crippen molar-refractivity contribution in [2.75, 3.05) is 31.0 Å². The monoisotopic (exact) mass is 256 g/mol. The van der Waals surface area contributed by atoms with Crippen LogP contribution in [0, 0.1) is 10.1 Å². The Kier molecular flexibility index (Phi) is 5.74. The first kappa shape index (κ1) is 14.1. The second kappa shape index (κ2) is 7.35. The van der Waals surface area contributed by atoms with Gasteiger partial charge in [-0.05, 0) is 12.8 Å².